The van der Waals surface area contributed by atoms with Crippen molar-refractivity contribution in [2.75, 3.05) is 4.90 Å². The molecule has 0 radical (unpaired) electrons. The van der Waals surface area contributed by atoms with Crippen LogP contribution >= 0.6 is 22.7 Å². The molecule has 3 heterocycles. The summed E-state index contributed by atoms with van der Waals surface area (Å²) in [6.45, 7) is 0. The van der Waals surface area contributed by atoms with Gasteiger partial charge in [-0.25, -0.2) is 0 Å². The lowest BCUT2D eigenvalue weighted by atomic mass is 9.98. The number of benzene rings is 10. The number of aromatic nitrogens is 1. The summed E-state index contributed by atoms with van der Waals surface area (Å²) in [5.74, 6) is 0. The van der Waals surface area contributed by atoms with E-state index in [1.165, 1.54) is 112 Å². The fraction of sp³-hybridized carbons (Fsp3) is 0. The standard InChI is InChI=1S/C58H36N2S2/c1-2-16-40(17-3-1)59-51-26-8-6-19-45(51)46-35-32-39(36-54(46)59)44-22-11-23-49-50-25-13-28-53(58(50)62-56(44)49)60(52-27-12-24-48-47-20-7-9-29-55(47)61-57(48)52)41-33-30-38(31-34-41)43-21-10-15-37-14-4-5-18-42(37)43/h1-36H. The van der Waals surface area contributed by atoms with Gasteiger partial charge in [-0.2, -0.15) is 0 Å². The van der Waals surface area contributed by atoms with Crippen molar-refractivity contribution in [2.45, 2.75) is 0 Å². The molecule has 62 heavy (non-hydrogen) atoms. The first kappa shape index (κ1) is 35.3. The number of hydrogen-bond donors (Lipinski definition) is 0. The van der Waals surface area contributed by atoms with E-state index < -0.39 is 0 Å². The lowest BCUT2D eigenvalue weighted by Gasteiger charge is -2.27. The summed E-state index contributed by atoms with van der Waals surface area (Å²) in [6, 6.07) is 80.3. The summed E-state index contributed by atoms with van der Waals surface area (Å²) in [6.07, 6.45) is 0. The number of rotatable bonds is 6. The highest BCUT2D eigenvalue weighted by Crippen LogP contribution is 2.50. The summed E-state index contributed by atoms with van der Waals surface area (Å²) >= 11 is 3.78. The lowest BCUT2D eigenvalue weighted by molar-refractivity contribution is 1.18. The predicted molar refractivity (Wildman–Crippen MR) is 270 cm³/mol. The summed E-state index contributed by atoms with van der Waals surface area (Å²) in [4.78, 5) is 2.51. The minimum absolute atomic E-state index is 1.13. The van der Waals surface area contributed by atoms with Gasteiger partial charge in [0.2, 0.25) is 0 Å². The molecule has 13 rings (SSSR count). The minimum Gasteiger partial charge on any atom is -0.309 e. The zero-order valence-electron chi connectivity index (χ0n) is 33.5. The Hall–Kier alpha value is -7.50. The molecule has 0 atom stereocenters. The molecule has 0 N–H and O–H groups in total. The van der Waals surface area contributed by atoms with Crippen molar-refractivity contribution in [3.8, 4) is 27.9 Å². The van der Waals surface area contributed by atoms with Crippen molar-refractivity contribution in [3.05, 3.63) is 218 Å². The molecular formula is C58H36N2S2. The van der Waals surface area contributed by atoms with Crippen LogP contribution in [0.4, 0.5) is 17.1 Å². The van der Waals surface area contributed by atoms with E-state index in [1.54, 1.807) is 0 Å². The van der Waals surface area contributed by atoms with Crippen molar-refractivity contribution in [1.82, 2.24) is 4.57 Å². The first-order valence-corrected chi connectivity index (χ1v) is 22.7. The van der Waals surface area contributed by atoms with Crippen LogP contribution in [-0.2, 0) is 0 Å². The van der Waals surface area contributed by atoms with Gasteiger partial charge in [0.15, 0.2) is 0 Å². The maximum Gasteiger partial charge on any atom is 0.0640 e. The quantitative estimate of drug-likeness (QED) is 0.162. The molecule has 13 aromatic rings. The van der Waals surface area contributed by atoms with Crippen molar-refractivity contribution in [2.24, 2.45) is 0 Å². The smallest absolute Gasteiger partial charge is 0.0640 e. The van der Waals surface area contributed by atoms with Crippen LogP contribution in [0.3, 0.4) is 0 Å². The molecule has 0 amide bonds. The Morgan fingerprint density at radius 1 is 0.339 bits per heavy atom. The second-order valence-corrected chi connectivity index (χ2v) is 18.1. The van der Waals surface area contributed by atoms with Crippen LogP contribution < -0.4 is 4.90 Å². The van der Waals surface area contributed by atoms with Crippen molar-refractivity contribution < 1.29 is 0 Å². The SMILES string of the molecule is c1ccc(-n2c3ccccc3c3ccc(-c4cccc5c4sc4c(N(c6ccc(-c7cccc8ccccc78)cc6)c6cccc7c6sc6ccccc67)cccc45)cc32)cc1. The molecule has 0 aliphatic heterocycles. The molecule has 2 nitrogen and oxygen atoms in total. The van der Waals surface area contributed by atoms with Gasteiger partial charge in [0.1, 0.15) is 0 Å². The van der Waals surface area contributed by atoms with Crippen molar-refractivity contribution in [3.63, 3.8) is 0 Å². The maximum atomic E-state index is 2.51. The van der Waals surface area contributed by atoms with E-state index in [4.69, 9.17) is 0 Å². The molecule has 290 valence electrons. The molecule has 0 bridgehead atoms. The molecule has 0 aliphatic rings. The average Bonchev–Trinajstić information content (AvgIpc) is 4.02. The van der Waals surface area contributed by atoms with Crippen LogP contribution in [0.15, 0.2) is 218 Å². The number of nitrogens with zero attached hydrogens (tertiary/aromatic N) is 2. The van der Waals surface area contributed by atoms with E-state index in [-0.39, 0.29) is 0 Å². The van der Waals surface area contributed by atoms with E-state index in [0.717, 1.165) is 5.69 Å². The highest BCUT2D eigenvalue weighted by molar-refractivity contribution is 7.27. The average molecular weight is 825 g/mol. The fourth-order valence-electron chi connectivity index (χ4n) is 9.79. The topological polar surface area (TPSA) is 8.17 Å². The van der Waals surface area contributed by atoms with Crippen LogP contribution in [0.2, 0.25) is 0 Å². The van der Waals surface area contributed by atoms with Crippen molar-refractivity contribution in [1.29, 1.82) is 0 Å². The van der Waals surface area contributed by atoms with Crippen LogP contribution in [0, 0.1) is 0 Å². The van der Waals surface area contributed by atoms with Gasteiger partial charge in [-0.3, -0.25) is 0 Å². The third-order valence-corrected chi connectivity index (χ3v) is 15.1. The molecule has 3 aromatic heterocycles. The van der Waals surface area contributed by atoms with Crippen LogP contribution in [-0.4, -0.2) is 4.57 Å². The number of fused-ring (bicyclic) bond motifs is 10. The lowest BCUT2D eigenvalue weighted by Crippen LogP contribution is -2.10. The molecule has 0 aliphatic carbocycles. The van der Waals surface area contributed by atoms with Crippen molar-refractivity contribution >= 4 is 113 Å². The van der Waals surface area contributed by atoms with E-state index >= 15 is 0 Å². The maximum absolute atomic E-state index is 2.51. The summed E-state index contributed by atoms with van der Waals surface area (Å²) < 4.78 is 7.56. The zero-order valence-corrected chi connectivity index (χ0v) is 35.1. The summed E-state index contributed by atoms with van der Waals surface area (Å²) in [5.41, 5.74) is 12.0. The highest BCUT2D eigenvalue weighted by Gasteiger charge is 2.23. The first-order chi connectivity index (χ1) is 30.8. The Morgan fingerprint density at radius 3 is 1.73 bits per heavy atom. The molecule has 0 saturated carbocycles. The van der Waals surface area contributed by atoms with E-state index in [0.29, 0.717) is 0 Å². The number of hydrogen-bond acceptors (Lipinski definition) is 3. The second-order valence-electron chi connectivity index (χ2n) is 16.0. The summed E-state index contributed by atoms with van der Waals surface area (Å²) in [7, 11) is 0. The molecule has 0 saturated heterocycles. The van der Waals surface area contributed by atoms with Gasteiger partial charge in [-0.1, -0.05) is 164 Å². The highest BCUT2D eigenvalue weighted by atomic mass is 32.1. The molecule has 0 spiro atoms. The monoisotopic (exact) mass is 824 g/mol. The normalized spacial score (nSPS) is 11.9. The van der Waals surface area contributed by atoms with E-state index in [1.807, 2.05) is 22.7 Å². The van der Waals surface area contributed by atoms with E-state index in [9.17, 15) is 0 Å². The Balaban J connectivity index is 1.02. The Labute approximate surface area is 366 Å². The van der Waals surface area contributed by atoms with Gasteiger partial charge in [-0.15, -0.1) is 22.7 Å². The number of para-hydroxylation sites is 2. The predicted octanol–water partition coefficient (Wildman–Crippen LogP) is 17.5. The van der Waals surface area contributed by atoms with Gasteiger partial charge >= 0.3 is 0 Å². The fourth-order valence-corrected chi connectivity index (χ4v) is 12.3. The van der Waals surface area contributed by atoms with Crippen LogP contribution in [0.1, 0.15) is 0 Å². The Bertz CT molecular complexity index is 3870. The van der Waals surface area contributed by atoms with Crippen LogP contribution in [0.5, 0.6) is 0 Å². The molecular weight excluding hydrogens is 789 g/mol. The van der Waals surface area contributed by atoms with E-state index in [2.05, 4.69) is 228 Å². The molecule has 10 aromatic carbocycles. The number of thiophene rings is 2. The summed E-state index contributed by atoms with van der Waals surface area (Å²) in [5, 5.41) is 10.2. The third kappa shape index (κ3) is 5.41. The largest absolute Gasteiger partial charge is 0.309 e. The van der Waals surface area contributed by atoms with Crippen LogP contribution in [0.25, 0.3) is 101 Å². The third-order valence-electron chi connectivity index (χ3n) is 12.6. The molecule has 0 fully saturated rings. The van der Waals surface area contributed by atoms with Gasteiger partial charge < -0.3 is 9.47 Å². The second kappa shape index (κ2) is 14.0. The minimum atomic E-state index is 1.13. The van der Waals surface area contributed by atoms with Gasteiger partial charge in [0.05, 0.1) is 31.8 Å². The number of anilines is 3. The molecule has 4 heteroatoms. The first-order valence-electron chi connectivity index (χ1n) is 21.1. The van der Waals surface area contributed by atoms with Gasteiger partial charge in [0, 0.05) is 53.1 Å². The Morgan fingerprint density at radius 2 is 0.903 bits per heavy atom. The molecule has 0 unspecified atom stereocenters. The Kier molecular flexibility index (Phi) is 7.99. The van der Waals surface area contributed by atoms with Gasteiger partial charge in [0.25, 0.3) is 0 Å². The van der Waals surface area contributed by atoms with Gasteiger partial charge in [-0.05, 0) is 87.6 Å². The zero-order chi connectivity index (χ0) is 40.7.